The van der Waals surface area contributed by atoms with Crippen LogP contribution in [0.1, 0.15) is 25.1 Å². The lowest BCUT2D eigenvalue weighted by atomic mass is 10.1. The van der Waals surface area contributed by atoms with Crippen LogP contribution >= 0.6 is 27.5 Å². The van der Waals surface area contributed by atoms with Gasteiger partial charge in [0.05, 0.1) is 27.8 Å². The number of anilines is 2. The van der Waals surface area contributed by atoms with Crippen LogP contribution in [0.4, 0.5) is 21.1 Å². The van der Waals surface area contributed by atoms with Gasteiger partial charge < -0.3 is 29.7 Å². The molecule has 16 heteroatoms. The lowest BCUT2D eigenvalue weighted by Gasteiger charge is -2.34. The number of hydrogen-bond donors (Lipinski definition) is 2. The highest BCUT2D eigenvalue weighted by Gasteiger charge is 2.26. The number of carbonyl (C=O) groups excluding carboxylic acids is 2. The number of fused-ring (bicyclic) bond motifs is 2. The summed E-state index contributed by atoms with van der Waals surface area (Å²) in [6.07, 6.45) is 4.21. The third-order valence-corrected chi connectivity index (χ3v) is 8.31. The maximum absolute atomic E-state index is 14.4. The summed E-state index contributed by atoms with van der Waals surface area (Å²) in [5.74, 6) is 0.610. The normalized spacial score (nSPS) is 15.7. The van der Waals surface area contributed by atoms with Crippen molar-refractivity contribution in [2.45, 2.75) is 25.8 Å². The number of nitrogens with zero attached hydrogens (tertiary/aromatic N) is 8. The van der Waals surface area contributed by atoms with Gasteiger partial charge in [-0.2, -0.15) is 19.6 Å². The Kier molecular flexibility index (Phi) is 8.34. The van der Waals surface area contributed by atoms with E-state index in [1.54, 1.807) is 26.6 Å². The lowest BCUT2D eigenvalue weighted by Crippen LogP contribution is -2.49. The average Bonchev–Trinajstić information content (AvgIpc) is 3.64. The van der Waals surface area contributed by atoms with Crippen molar-refractivity contribution < 1.29 is 18.7 Å². The molecule has 0 saturated carbocycles. The van der Waals surface area contributed by atoms with E-state index in [1.165, 1.54) is 6.07 Å². The van der Waals surface area contributed by atoms with Crippen molar-refractivity contribution in [3.05, 3.63) is 51.6 Å². The SMILES string of the molecule is C=C(COC(=O)N1CCN(c2nc(NCc3nc4c(F)c(Cl)ccc4[nH]3)n3ncc(Br)c3n2)CC1)C(=O)N1CCCCC1. The number of imidazole rings is 1. The molecule has 226 valence electrons. The summed E-state index contributed by atoms with van der Waals surface area (Å²) in [4.78, 5) is 47.4. The number of rotatable bonds is 7. The van der Waals surface area contributed by atoms with Crippen molar-refractivity contribution >= 4 is 68.1 Å². The fraction of sp³-hybridized carbons (Fsp3) is 0.407. The summed E-state index contributed by atoms with van der Waals surface area (Å²) in [6.45, 7) is 7.03. The monoisotopic (exact) mass is 674 g/mol. The summed E-state index contributed by atoms with van der Waals surface area (Å²) < 4.78 is 22.0. The minimum absolute atomic E-state index is 0.00354. The van der Waals surface area contributed by atoms with Crippen molar-refractivity contribution in [3.63, 3.8) is 0 Å². The van der Waals surface area contributed by atoms with E-state index in [0.29, 0.717) is 72.6 Å². The van der Waals surface area contributed by atoms with E-state index in [4.69, 9.17) is 16.3 Å². The molecule has 2 aliphatic rings. The first-order valence-corrected chi connectivity index (χ1v) is 15.1. The zero-order chi connectivity index (χ0) is 30.1. The van der Waals surface area contributed by atoms with Gasteiger partial charge in [0.25, 0.3) is 5.91 Å². The van der Waals surface area contributed by atoms with Crippen molar-refractivity contribution in [1.29, 1.82) is 0 Å². The van der Waals surface area contributed by atoms with Gasteiger partial charge in [-0.25, -0.2) is 14.2 Å². The number of carbonyl (C=O) groups is 2. The van der Waals surface area contributed by atoms with Crippen LogP contribution < -0.4 is 10.2 Å². The van der Waals surface area contributed by atoms with Crippen LogP contribution in [0.15, 0.2) is 35.0 Å². The third kappa shape index (κ3) is 6.09. The second-order valence-electron chi connectivity index (χ2n) is 10.4. The summed E-state index contributed by atoms with van der Waals surface area (Å²) >= 11 is 9.38. The minimum Gasteiger partial charge on any atom is -0.444 e. The predicted octanol–water partition coefficient (Wildman–Crippen LogP) is 4.00. The first-order valence-electron chi connectivity index (χ1n) is 13.9. The molecule has 2 fully saturated rings. The van der Waals surface area contributed by atoms with Gasteiger partial charge in [0.2, 0.25) is 11.9 Å². The van der Waals surface area contributed by atoms with Gasteiger partial charge in [0, 0.05) is 44.8 Å². The molecule has 0 radical (unpaired) electrons. The summed E-state index contributed by atoms with van der Waals surface area (Å²) in [5, 5.41) is 7.56. The number of aromatic nitrogens is 6. The Morgan fingerprint density at radius 2 is 1.84 bits per heavy atom. The number of H-pyrrole nitrogens is 1. The van der Waals surface area contributed by atoms with Crippen molar-refractivity contribution in [2.75, 3.05) is 56.1 Å². The fourth-order valence-electron chi connectivity index (χ4n) is 5.12. The van der Waals surface area contributed by atoms with Crippen LogP contribution in [-0.4, -0.2) is 97.2 Å². The predicted molar refractivity (Wildman–Crippen MR) is 162 cm³/mol. The fourth-order valence-corrected chi connectivity index (χ4v) is 5.62. The van der Waals surface area contributed by atoms with Crippen LogP contribution in [-0.2, 0) is 16.1 Å². The molecule has 5 heterocycles. The highest BCUT2D eigenvalue weighted by atomic mass is 79.9. The number of halogens is 3. The van der Waals surface area contributed by atoms with E-state index >= 15 is 0 Å². The van der Waals surface area contributed by atoms with Gasteiger partial charge in [-0.15, -0.1) is 0 Å². The van der Waals surface area contributed by atoms with Gasteiger partial charge in [-0.3, -0.25) is 4.79 Å². The molecule has 0 bridgehead atoms. The van der Waals surface area contributed by atoms with Crippen LogP contribution in [0.25, 0.3) is 16.7 Å². The molecule has 2 amide bonds. The van der Waals surface area contributed by atoms with Crippen molar-refractivity contribution in [3.8, 4) is 0 Å². The number of piperazine rings is 1. The van der Waals surface area contributed by atoms with Gasteiger partial charge >= 0.3 is 6.09 Å². The third-order valence-electron chi connectivity index (χ3n) is 7.46. The molecule has 0 atom stereocenters. The molecule has 2 N–H and O–H groups in total. The van der Waals surface area contributed by atoms with Crippen LogP contribution in [0.3, 0.4) is 0 Å². The number of aromatic amines is 1. The van der Waals surface area contributed by atoms with Gasteiger partial charge in [-0.05, 0) is 47.3 Å². The Labute approximate surface area is 259 Å². The van der Waals surface area contributed by atoms with E-state index in [1.807, 2.05) is 4.90 Å². The highest BCUT2D eigenvalue weighted by Crippen LogP contribution is 2.25. The minimum atomic E-state index is -0.580. The van der Waals surface area contributed by atoms with Crippen LogP contribution in [0, 0.1) is 5.82 Å². The second-order valence-corrected chi connectivity index (χ2v) is 11.6. The molecule has 3 aromatic heterocycles. The standard InChI is InChI=1S/C27H29BrClFN10O3/c1-16(24(41)37-7-3-2-4-8-37)15-43-27(42)39-11-9-38(10-12-39)26-35-23-17(28)13-32-40(23)25(36-26)31-14-20-33-19-6-5-18(29)21(30)22(19)34-20/h5-6,13H,1-4,7-12,14-15H2,(H,33,34)(H,31,35,36). The number of ether oxygens (including phenoxy) is 1. The summed E-state index contributed by atoms with van der Waals surface area (Å²) in [6, 6.07) is 3.15. The van der Waals surface area contributed by atoms with E-state index in [0.717, 1.165) is 19.3 Å². The molecule has 0 aliphatic carbocycles. The average molecular weight is 676 g/mol. The Morgan fingerprint density at radius 1 is 1.07 bits per heavy atom. The van der Waals surface area contributed by atoms with Gasteiger partial charge in [-0.1, -0.05) is 18.2 Å². The molecule has 2 saturated heterocycles. The Balaban J connectivity index is 1.08. The first-order chi connectivity index (χ1) is 20.8. The summed E-state index contributed by atoms with van der Waals surface area (Å²) in [5.41, 5.74) is 1.52. The van der Waals surface area contributed by atoms with Crippen molar-refractivity contribution in [1.82, 2.24) is 39.3 Å². The number of nitrogens with one attached hydrogen (secondary N) is 2. The van der Waals surface area contributed by atoms with E-state index in [2.05, 4.69) is 52.9 Å². The van der Waals surface area contributed by atoms with Crippen LogP contribution in [0.5, 0.6) is 0 Å². The Bertz CT molecular complexity index is 1700. The maximum Gasteiger partial charge on any atom is 0.410 e. The highest BCUT2D eigenvalue weighted by molar-refractivity contribution is 9.10. The number of likely N-dealkylation sites (tertiary alicyclic amines) is 1. The Hall–Kier alpha value is -3.98. The zero-order valence-corrected chi connectivity index (χ0v) is 25.5. The zero-order valence-electron chi connectivity index (χ0n) is 23.2. The molecular formula is C27H29BrClFN10O3. The Morgan fingerprint density at radius 3 is 2.60 bits per heavy atom. The maximum atomic E-state index is 14.4. The smallest absolute Gasteiger partial charge is 0.410 e. The number of piperidine rings is 1. The molecule has 2 aliphatic heterocycles. The molecular weight excluding hydrogens is 647 g/mol. The van der Waals surface area contributed by atoms with E-state index in [9.17, 15) is 14.0 Å². The molecule has 1 aromatic carbocycles. The van der Waals surface area contributed by atoms with Gasteiger partial charge in [0.1, 0.15) is 17.9 Å². The van der Waals surface area contributed by atoms with Crippen LogP contribution in [0.2, 0.25) is 5.02 Å². The molecule has 13 nitrogen and oxygen atoms in total. The number of amides is 2. The number of benzene rings is 1. The molecule has 4 aromatic rings. The second kappa shape index (κ2) is 12.3. The quantitative estimate of drug-likeness (QED) is 0.279. The van der Waals surface area contributed by atoms with Gasteiger partial charge in [0.15, 0.2) is 11.5 Å². The molecule has 6 rings (SSSR count). The summed E-state index contributed by atoms with van der Waals surface area (Å²) in [7, 11) is 0. The largest absolute Gasteiger partial charge is 0.444 e. The topological polar surface area (TPSA) is 137 Å². The molecule has 43 heavy (non-hydrogen) atoms. The number of hydrogen-bond acceptors (Lipinski definition) is 9. The lowest BCUT2D eigenvalue weighted by molar-refractivity contribution is -0.128. The molecule has 0 spiro atoms. The first kappa shape index (κ1) is 29.1. The van der Waals surface area contributed by atoms with E-state index in [-0.39, 0.29) is 35.2 Å². The van der Waals surface area contributed by atoms with E-state index < -0.39 is 11.9 Å². The van der Waals surface area contributed by atoms with Crippen molar-refractivity contribution in [2.24, 2.45) is 0 Å². The molecule has 0 unspecified atom stereocenters.